The SMILES string of the molecule is Cc1sc(C(CN)N(CC(C)C)C(C)C)cc1Br. The summed E-state index contributed by atoms with van der Waals surface area (Å²) in [5.74, 6) is 0.658. The lowest BCUT2D eigenvalue weighted by Gasteiger charge is -2.35. The summed E-state index contributed by atoms with van der Waals surface area (Å²) in [5.41, 5.74) is 6.03. The molecule has 0 aliphatic carbocycles. The first-order chi connectivity index (χ1) is 8.36. The Morgan fingerprint density at radius 1 is 1.33 bits per heavy atom. The molecule has 0 spiro atoms. The van der Waals surface area contributed by atoms with Crippen LogP contribution >= 0.6 is 27.3 Å². The summed E-state index contributed by atoms with van der Waals surface area (Å²) in [6.45, 7) is 12.9. The summed E-state index contributed by atoms with van der Waals surface area (Å²) in [7, 11) is 0. The highest BCUT2D eigenvalue weighted by molar-refractivity contribution is 9.10. The molecule has 0 radical (unpaired) electrons. The zero-order chi connectivity index (χ0) is 13.9. The van der Waals surface area contributed by atoms with Gasteiger partial charge in [0.1, 0.15) is 0 Å². The molecule has 104 valence electrons. The Kier molecular flexibility index (Phi) is 6.31. The Hall–Kier alpha value is 0.100. The van der Waals surface area contributed by atoms with E-state index in [9.17, 15) is 0 Å². The fraction of sp³-hybridized carbons (Fsp3) is 0.714. The Bertz CT molecular complexity index is 354. The van der Waals surface area contributed by atoms with Gasteiger partial charge in [0.15, 0.2) is 0 Å². The Morgan fingerprint density at radius 3 is 2.28 bits per heavy atom. The predicted octanol–water partition coefficient (Wildman–Crippen LogP) is 4.19. The van der Waals surface area contributed by atoms with Crippen LogP contribution in [0.3, 0.4) is 0 Å². The van der Waals surface area contributed by atoms with Crippen molar-refractivity contribution in [2.24, 2.45) is 11.7 Å². The lowest BCUT2D eigenvalue weighted by molar-refractivity contribution is 0.140. The summed E-state index contributed by atoms with van der Waals surface area (Å²) in [4.78, 5) is 5.22. The summed E-state index contributed by atoms with van der Waals surface area (Å²) in [6, 6.07) is 3.08. The fourth-order valence-electron chi connectivity index (χ4n) is 2.18. The molecule has 2 nitrogen and oxygen atoms in total. The zero-order valence-corrected chi connectivity index (χ0v) is 14.4. The van der Waals surface area contributed by atoms with Gasteiger partial charge >= 0.3 is 0 Å². The van der Waals surface area contributed by atoms with Crippen LogP contribution in [0.1, 0.15) is 43.5 Å². The van der Waals surface area contributed by atoms with E-state index in [-0.39, 0.29) is 0 Å². The Morgan fingerprint density at radius 2 is 1.94 bits per heavy atom. The van der Waals surface area contributed by atoms with E-state index in [0.717, 1.165) is 6.54 Å². The van der Waals surface area contributed by atoms with Crippen molar-refractivity contribution in [3.05, 3.63) is 20.3 Å². The van der Waals surface area contributed by atoms with Crippen LogP contribution < -0.4 is 5.73 Å². The monoisotopic (exact) mass is 332 g/mol. The maximum absolute atomic E-state index is 6.03. The van der Waals surface area contributed by atoms with E-state index in [0.29, 0.717) is 24.5 Å². The summed E-state index contributed by atoms with van der Waals surface area (Å²) < 4.78 is 1.20. The van der Waals surface area contributed by atoms with E-state index in [1.165, 1.54) is 14.2 Å². The van der Waals surface area contributed by atoms with E-state index >= 15 is 0 Å². The molecule has 0 amide bonds. The highest BCUT2D eigenvalue weighted by Crippen LogP contribution is 2.34. The van der Waals surface area contributed by atoms with Gasteiger partial charge in [-0.1, -0.05) is 13.8 Å². The quantitative estimate of drug-likeness (QED) is 0.846. The number of aryl methyl sites for hydroxylation is 1. The van der Waals surface area contributed by atoms with E-state index in [2.05, 4.69) is 61.5 Å². The van der Waals surface area contributed by atoms with Gasteiger partial charge in [-0.25, -0.2) is 0 Å². The minimum absolute atomic E-state index is 0.336. The fourth-order valence-corrected chi connectivity index (χ4v) is 3.88. The molecule has 0 aromatic carbocycles. The van der Waals surface area contributed by atoms with Crippen LogP contribution in [-0.2, 0) is 0 Å². The number of rotatable bonds is 6. The van der Waals surface area contributed by atoms with Crippen LogP contribution in [0.2, 0.25) is 0 Å². The van der Waals surface area contributed by atoms with Gasteiger partial charge in [-0.2, -0.15) is 0 Å². The third-order valence-electron chi connectivity index (χ3n) is 3.07. The van der Waals surface area contributed by atoms with Crippen molar-refractivity contribution in [3.8, 4) is 0 Å². The van der Waals surface area contributed by atoms with Crippen molar-refractivity contribution in [2.75, 3.05) is 13.1 Å². The molecule has 18 heavy (non-hydrogen) atoms. The lowest BCUT2D eigenvalue weighted by atomic mass is 10.1. The summed E-state index contributed by atoms with van der Waals surface area (Å²) in [5, 5.41) is 0. The van der Waals surface area contributed by atoms with Gasteiger partial charge in [0.25, 0.3) is 0 Å². The first kappa shape index (κ1) is 16.2. The highest BCUT2D eigenvalue weighted by Gasteiger charge is 2.24. The van der Waals surface area contributed by atoms with Crippen molar-refractivity contribution < 1.29 is 0 Å². The second kappa shape index (κ2) is 7.04. The molecule has 0 saturated carbocycles. The number of nitrogens with two attached hydrogens (primary N) is 1. The van der Waals surface area contributed by atoms with Crippen molar-refractivity contribution >= 4 is 27.3 Å². The third kappa shape index (κ3) is 4.05. The van der Waals surface area contributed by atoms with Crippen LogP contribution in [0.4, 0.5) is 0 Å². The standard InChI is InChI=1S/C14H25BrN2S/c1-9(2)8-17(10(3)4)13(7-16)14-6-12(15)11(5)18-14/h6,9-10,13H,7-8,16H2,1-5H3. The van der Waals surface area contributed by atoms with Crippen molar-refractivity contribution in [2.45, 2.75) is 46.7 Å². The van der Waals surface area contributed by atoms with Gasteiger partial charge in [0, 0.05) is 33.4 Å². The van der Waals surface area contributed by atoms with Gasteiger partial charge in [-0.15, -0.1) is 11.3 Å². The maximum Gasteiger partial charge on any atom is 0.0567 e. The van der Waals surface area contributed by atoms with E-state index in [1.807, 2.05) is 11.3 Å². The van der Waals surface area contributed by atoms with Crippen molar-refractivity contribution in [1.29, 1.82) is 0 Å². The predicted molar refractivity (Wildman–Crippen MR) is 85.2 cm³/mol. The average molecular weight is 333 g/mol. The van der Waals surface area contributed by atoms with Gasteiger partial charge in [0.05, 0.1) is 6.04 Å². The van der Waals surface area contributed by atoms with Gasteiger partial charge < -0.3 is 5.73 Å². The van der Waals surface area contributed by atoms with Gasteiger partial charge in [-0.3, -0.25) is 4.90 Å². The summed E-state index contributed by atoms with van der Waals surface area (Å²) in [6.07, 6.45) is 0. The molecule has 0 fully saturated rings. The largest absolute Gasteiger partial charge is 0.329 e. The molecule has 2 N–H and O–H groups in total. The highest BCUT2D eigenvalue weighted by atomic mass is 79.9. The van der Waals surface area contributed by atoms with Gasteiger partial charge in [0.2, 0.25) is 0 Å². The van der Waals surface area contributed by atoms with Crippen LogP contribution in [-0.4, -0.2) is 24.0 Å². The molecule has 0 aliphatic heterocycles. The van der Waals surface area contributed by atoms with Crippen molar-refractivity contribution in [1.82, 2.24) is 4.90 Å². The van der Waals surface area contributed by atoms with Crippen LogP contribution in [0.25, 0.3) is 0 Å². The first-order valence-electron chi connectivity index (χ1n) is 6.58. The molecule has 4 heteroatoms. The Balaban J connectivity index is 2.97. The first-order valence-corrected chi connectivity index (χ1v) is 8.19. The minimum atomic E-state index is 0.336. The number of halogens is 1. The van der Waals surface area contributed by atoms with Crippen LogP contribution in [0.5, 0.6) is 0 Å². The molecule has 0 saturated heterocycles. The molecule has 1 heterocycles. The molecule has 0 aliphatic rings. The number of nitrogens with zero attached hydrogens (tertiary/aromatic N) is 1. The second-order valence-electron chi connectivity index (χ2n) is 5.49. The smallest absolute Gasteiger partial charge is 0.0567 e. The Labute approximate surface area is 124 Å². The molecule has 0 bridgehead atoms. The van der Waals surface area contributed by atoms with E-state index < -0.39 is 0 Å². The van der Waals surface area contributed by atoms with Crippen LogP contribution in [0.15, 0.2) is 10.5 Å². The zero-order valence-electron chi connectivity index (χ0n) is 12.0. The molecule has 1 atom stereocenters. The normalized spacial score (nSPS) is 13.9. The number of thiophene rings is 1. The second-order valence-corrected chi connectivity index (χ2v) is 7.63. The van der Waals surface area contributed by atoms with Crippen molar-refractivity contribution in [3.63, 3.8) is 0 Å². The third-order valence-corrected chi connectivity index (χ3v) is 5.31. The van der Waals surface area contributed by atoms with E-state index in [1.54, 1.807) is 0 Å². The molecular formula is C14H25BrN2S. The lowest BCUT2D eigenvalue weighted by Crippen LogP contribution is -2.40. The van der Waals surface area contributed by atoms with E-state index in [4.69, 9.17) is 5.73 Å². The number of hydrogen-bond donors (Lipinski definition) is 1. The maximum atomic E-state index is 6.03. The molecule has 1 unspecified atom stereocenters. The number of hydrogen-bond acceptors (Lipinski definition) is 3. The molecule has 1 aromatic heterocycles. The average Bonchev–Trinajstić information content (AvgIpc) is 2.58. The molecular weight excluding hydrogens is 308 g/mol. The molecule has 1 rings (SSSR count). The summed E-state index contributed by atoms with van der Waals surface area (Å²) >= 11 is 5.45. The van der Waals surface area contributed by atoms with Gasteiger partial charge in [-0.05, 0) is 48.7 Å². The van der Waals surface area contributed by atoms with Crippen LogP contribution in [0, 0.1) is 12.8 Å². The minimum Gasteiger partial charge on any atom is -0.329 e. The molecule has 1 aromatic rings. The topological polar surface area (TPSA) is 29.3 Å².